The zero-order valence-electron chi connectivity index (χ0n) is 18.1. The van der Waals surface area contributed by atoms with Gasteiger partial charge in [-0.05, 0) is 57.9 Å². The molecule has 0 atom stereocenters. The summed E-state index contributed by atoms with van der Waals surface area (Å²) in [6, 6.07) is 12.1. The van der Waals surface area contributed by atoms with Crippen molar-refractivity contribution in [3.8, 4) is 5.69 Å². The predicted octanol–water partition coefficient (Wildman–Crippen LogP) is 0.941. The van der Waals surface area contributed by atoms with Crippen molar-refractivity contribution in [3.63, 3.8) is 0 Å². The molecule has 30 heavy (non-hydrogen) atoms. The van der Waals surface area contributed by atoms with Gasteiger partial charge in [-0.3, -0.25) is 4.57 Å². The van der Waals surface area contributed by atoms with Crippen molar-refractivity contribution in [3.05, 3.63) is 53.1 Å². The minimum Gasteiger partial charge on any atom is -0.649 e. The van der Waals surface area contributed by atoms with Gasteiger partial charge in [0.1, 0.15) is 5.82 Å². The van der Waals surface area contributed by atoms with Gasteiger partial charge in [-0.15, -0.1) is 0 Å². The first-order valence-corrected chi connectivity index (χ1v) is 9.85. The first-order chi connectivity index (χ1) is 13.9. The van der Waals surface area contributed by atoms with E-state index in [-0.39, 0.29) is 40.8 Å². The van der Waals surface area contributed by atoms with Gasteiger partial charge in [-0.1, -0.05) is 31.4 Å². The molecule has 3 aromatic rings. The maximum Gasteiger partial charge on any atom is 1.00 e. The third kappa shape index (κ3) is 6.45. The van der Waals surface area contributed by atoms with Gasteiger partial charge in [0.05, 0.1) is 28.5 Å². The van der Waals surface area contributed by atoms with Crippen LogP contribution in [0.3, 0.4) is 0 Å². The van der Waals surface area contributed by atoms with Crippen LogP contribution in [-0.2, 0) is 9.53 Å². The van der Waals surface area contributed by atoms with E-state index in [0.717, 1.165) is 22.5 Å². The van der Waals surface area contributed by atoms with E-state index in [1.54, 1.807) is 31.5 Å². The van der Waals surface area contributed by atoms with Crippen LogP contribution in [-0.4, -0.2) is 32.7 Å². The topological polar surface area (TPSA) is 89.0 Å². The normalized spacial score (nSPS) is 13.8. The van der Waals surface area contributed by atoms with Crippen LogP contribution in [0.2, 0.25) is 0 Å². The van der Waals surface area contributed by atoms with Crippen molar-refractivity contribution in [2.45, 2.75) is 58.1 Å². The van der Waals surface area contributed by atoms with Crippen LogP contribution in [0, 0.1) is 0 Å². The molecule has 4 rings (SSSR count). The number of imidazole rings is 1. The number of ether oxygens (including phenoxy) is 1. The van der Waals surface area contributed by atoms with Gasteiger partial charge < -0.3 is 19.8 Å². The van der Waals surface area contributed by atoms with E-state index in [2.05, 4.69) is 20.0 Å². The average molecular weight is 418 g/mol. The van der Waals surface area contributed by atoms with Crippen LogP contribution >= 0.6 is 0 Å². The zero-order valence-corrected chi connectivity index (χ0v) is 20.1. The number of hydrogen-bond donors (Lipinski definition) is 2. The molecular formula is C22H27N4NaO3. The molecule has 1 aliphatic rings. The van der Waals surface area contributed by atoms with E-state index in [9.17, 15) is 9.59 Å². The second kappa shape index (κ2) is 10.8. The molecule has 2 aromatic heterocycles. The average Bonchev–Trinajstić information content (AvgIpc) is 3.29. The van der Waals surface area contributed by atoms with Gasteiger partial charge >= 0.3 is 35.2 Å². The largest absolute Gasteiger partial charge is 1.00 e. The second-order valence-electron chi connectivity index (χ2n) is 8.11. The number of hydrogen-bond acceptors (Lipinski definition) is 5. The molecule has 0 aliphatic heterocycles. The summed E-state index contributed by atoms with van der Waals surface area (Å²) in [6.45, 7) is 6.73. The number of fused-ring (bicyclic) bond motifs is 1. The molecule has 0 amide bonds. The quantitative estimate of drug-likeness (QED) is 0.486. The summed E-state index contributed by atoms with van der Waals surface area (Å²) in [5, 5.41) is 3.46. The number of aromatic amines is 1. The van der Waals surface area contributed by atoms with Crippen molar-refractivity contribution in [1.82, 2.24) is 14.5 Å². The van der Waals surface area contributed by atoms with Gasteiger partial charge in [0.25, 0.3) is 0 Å². The molecule has 1 fully saturated rings. The third-order valence-electron chi connectivity index (χ3n) is 4.65. The van der Waals surface area contributed by atoms with E-state index >= 15 is 0 Å². The van der Waals surface area contributed by atoms with E-state index in [1.165, 1.54) is 32.2 Å². The number of rotatable bonds is 4. The Hall–Kier alpha value is -2.09. The van der Waals surface area contributed by atoms with Gasteiger partial charge in [-0.25, -0.2) is 9.78 Å². The molecule has 1 aliphatic carbocycles. The molecular weight excluding hydrogens is 391 g/mol. The minimum absolute atomic E-state index is 0. The first-order valence-electron chi connectivity index (χ1n) is 9.85. The van der Waals surface area contributed by atoms with Crippen molar-refractivity contribution in [1.29, 1.82) is 0 Å². The summed E-state index contributed by atoms with van der Waals surface area (Å²) < 4.78 is 6.08. The number of benzene rings is 1. The van der Waals surface area contributed by atoms with Crippen LogP contribution in [0.1, 0.15) is 46.5 Å². The molecule has 1 aromatic carbocycles. The molecule has 2 heterocycles. The van der Waals surface area contributed by atoms with Gasteiger partial charge in [0, 0.05) is 6.04 Å². The summed E-state index contributed by atoms with van der Waals surface area (Å²) in [4.78, 5) is 29.0. The molecule has 154 valence electrons. The molecule has 0 radical (unpaired) electrons. The maximum absolute atomic E-state index is 12.2. The fourth-order valence-electron chi connectivity index (χ4n) is 3.32. The van der Waals surface area contributed by atoms with Crippen LogP contribution < -0.4 is 40.6 Å². The molecule has 2 N–H and O–H groups in total. The third-order valence-corrected chi connectivity index (χ3v) is 4.65. The second-order valence-corrected chi connectivity index (χ2v) is 8.11. The van der Waals surface area contributed by atoms with Gasteiger partial charge in [0.2, 0.25) is 0 Å². The maximum atomic E-state index is 12.2. The van der Waals surface area contributed by atoms with Gasteiger partial charge in [0.15, 0.2) is 0 Å². The van der Waals surface area contributed by atoms with Crippen LogP contribution in [0.25, 0.3) is 16.7 Å². The Labute approximate surface area is 198 Å². The van der Waals surface area contributed by atoms with E-state index < -0.39 is 0 Å². The number of nitrogens with zero attached hydrogens (tertiary/aromatic N) is 2. The Morgan fingerprint density at radius 2 is 1.87 bits per heavy atom. The number of anilines is 1. The molecule has 0 bridgehead atoms. The summed E-state index contributed by atoms with van der Waals surface area (Å²) in [5.74, 6) is 0.878. The fourth-order valence-corrected chi connectivity index (χ4v) is 3.32. The fraction of sp³-hybridized carbons (Fsp3) is 0.409. The number of pyridine rings is 1. The van der Waals surface area contributed by atoms with Crippen molar-refractivity contribution in [2.75, 3.05) is 5.32 Å². The zero-order chi connectivity index (χ0) is 20.9. The van der Waals surface area contributed by atoms with Crippen molar-refractivity contribution >= 4 is 23.3 Å². The van der Waals surface area contributed by atoms with Crippen molar-refractivity contribution < 1.29 is 39.1 Å². The van der Waals surface area contributed by atoms with Crippen LogP contribution in [0.15, 0.2) is 47.4 Å². The smallest absolute Gasteiger partial charge is 0.649 e. The van der Waals surface area contributed by atoms with Crippen LogP contribution in [0.5, 0.6) is 0 Å². The number of aromatic nitrogens is 3. The SMILES string of the molecule is CC(C)(C)O[C-]=O.O=c1[nH]c2ccccc2n1-c1ccc(NC2CCCC2)nc1.[Na+]. The Bertz CT molecular complexity index is 1000. The number of nitrogens with one attached hydrogen (secondary N) is 2. The standard InChI is InChI=1S/C17H18N4O.C5H9O2.Na/c22-17-20-14-7-3-4-8-15(14)21(17)13-9-10-16(18-11-13)19-12-5-1-2-6-12;1-5(2,3)7-4-6;/h3-4,7-12H,1-2,5-6H2,(H,18,19)(H,20,22);1-3H3;/q;-1;+1. The molecule has 8 heteroatoms. The predicted molar refractivity (Wildman–Crippen MR) is 114 cm³/mol. The molecule has 0 unspecified atom stereocenters. The van der Waals surface area contributed by atoms with E-state index in [4.69, 9.17) is 0 Å². The van der Waals surface area contributed by atoms with E-state index in [0.29, 0.717) is 6.04 Å². The minimum atomic E-state index is -0.373. The summed E-state index contributed by atoms with van der Waals surface area (Å²) in [7, 11) is 0. The number of carbonyl (C=O) groups excluding carboxylic acids is 1. The molecule has 0 spiro atoms. The molecule has 7 nitrogen and oxygen atoms in total. The van der Waals surface area contributed by atoms with Crippen LogP contribution in [0.4, 0.5) is 5.82 Å². The number of H-pyrrole nitrogens is 1. The Morgan fingerprint density at radius 3 is 2.43 bits per heavy atom. The summed E-state index contributed by atoms with van der Waals surface area (Å²) in [5.41, 5.74) is 1.97. The molecule has 0 saturated heterocycles. The van der Waals surface area contributed by atoms with Gasteiger partial charge in [-0.2, -0.15) is 0 Å². The summed E-state index contributed by atoms with van der Waals surface area (Å²) in [6.07, 6.45) is 6.76. The Kier molecular flexibility index (Phi) is 8.70. The first kappa shape index (κ1) is 24.2. The summed E-state index contributed by atoms with van der Waals surface area (Å²) >= 11 is 0. The monoisotopic (exact) mass is 418 g/mol. The molecule has 1 saturated carbocycles. The van der Waals surface area contributed by atoms with Crippen molar-refractivity contribution in [2.24, 2.45) is 0 Å². The van der Waals surface area contributed by atoms with E-state index in [1.807, 2.05) is 36.4 Å². The number of para-hydroxylation sites is 2. The Morgan fingerprint density at radius 1 is 1.17 bits per heavy atom. The Balaban J connectivity index is 0.000000350.